The Balaban J connectivity index is 2.28. The van der Waals surface area contributed by atoms with E-state index >= 15 is 0 Å². The summed E-state index contributed by atoms with van der Waals surface area (Å²) in [6.07, 6.45) is -0.177. The van der Waals surface area contributed by atoms with E-state index in [1.165, 1.54) is 12.1 Å². The molecule has 112 valence electrons. The van der Waals surface area contributed by atoms with Crippen LogP contribution in [0.2, 0.25) is 0 Å². The van der Waals surface area contributed by atoms with E-state index in [2.05, 4.69) is 4.72 Å². The van der Waals surface area contributed by atoms with E-state index in [4.69, 9.17) is 5.11 Å². The van der Waals surface area contributed by atoms with Crippen LogP contribution in [0.4, 0.5) is 5.69 Å². The molecule has 2 rings (SSSR count). The Morgan fingerprint density at radius 1 is 1.24 bits per heavy atom. The average molecular weight is 325 g/mol. The Morgan fingerprint density at radius 3 is 2.62 bits per heavy atom. The number of rotatable bonds is 5. The van der Waals surface area contributed by atoms with Crippen molar-refractivity contribution >= 4 is 33.0 Å². The summed E-state index contributed by atoms with van der Waals surface area (Å²) in [5, 5.41) is 8.72. The Labute approximate surface area is 127 Å². The molecule has 0 aliphatic carbocycles. The molecule has 0 bridgehead atoms. The van der Waals surface area contributed by atoms with Gasteiger partial charge < -0.3 is 5.11 Å². The van der Waals surface area contributed by atoms with Crippen molar-refractivity contribution in [2.45, 2.75) is 24.5 Å². The number of sulfonamides is 1. The van der Waals surface area contributed by atoms with Crippen LogP contribution in [-0.4, -0.2) is 19.5 Å². The van der Waals surface area contributed by atoms with E-state index in [1.54, 1.807) is 12.1 Å². The third-order valence-corrected chi connectivity index (χ3v) is 6.02. The maximum atomic E-state index is 12.3. The zero-order valence-corrected chi connectivity index (χ0v) is 13.2. The molecule has 2 N–H and O–H groups in total. The standard InChI is InChI=1S/C14H15NO4S2/c1-9-4-3-5-12(10(9)2)15-21(18,19)14-7-6-11(20-14)8-13(16)17/h3-7,15H,8H2,1-2H3,(H,16,17). The fraction of sp³-hybridized carbons (Fsp3) is 0.214. The van der Waals surface area contributed by atoms with E-state index in [9.17, 15) is 13.2 Å². The summed E-state index contributed by atoms with van der Waals surface area (Å²) in [6, 6.07) is 8.34. The average Bonchev–Trinajstić information content (AvgIpc) is 2.83. The van der Waals surface area contributed by atoms with Crippen LogP contribution < -0.4 is 4.72 Å². The maximum Gasteiger partial charge on any atom is 0.308 e. The molecule has 0 amide bonds. The predicted molar refractivity (Wildman–Crippen MR) is 82.4 cm³/mol. The summed E-state index contributed by atoms with van der Waals surface area (Å²) >= 11 is 0.966. The third-order valence-electron chi connectivity index (χ3n) is 3.08. The van der Waals surface area contributed by atoms with Crippen LogP contribution >= 0.6 is 11.3 Å². The first-order valence-electron chi connectivity index (χ1n) is 6.19. The monoisotopic (exact) mass is 325 g/mol. The zero-order valence-electron chi connectivity index (χ0n) is 11.6. The molecule has 21 heavy (non-hydrogen) atoms. The van der Waals surface area contributed by atoms with E-state index in [1.807, 2.05) is 19.9 Å². The molecule has 0 saturated heterocycles. The van der Waals surface area contributed by atoms with Crippen LogP contribution in [0, 0.1) is 13.8 Å². The second-order valence-corrected chi connectivity index (χ2v) is 7.72. The lowest BCUT2D eigenvalue weighted by molar-refractivity contribution is -0.136. The number of aliphatic carboxylic acids is 1. The zero-order chi connectivity index (χ0) is 15.6. The van der Waals surface area contributed by atoms with Gasteiger partial charge in [-0.2, -0.15) is 0 Å². The van der Waals surface area contributed by atoms with Gasteiger partial charge in [-0.05, 0) is 43.2 Å². The molecule has 0 atom stereocenters. The number of thiophene rings is 1. The van der Waals surface area contributed by atoms with E-state index in [0.29, 0.717) is 10.6 Å². The molecular weight excluding hydrogens is 310 g/mol. The summed E-state index contributed by atoms with van der Waals surface area (Å²) in [7, 11) is -3.69. The summed E-state index contributed by atoms with van der Waals surface area (Å²) in [5.41, 5.74) is 2.39. The third kappa shape index (κ3) is 3.62. The number of carboxylic acid groups (broad SMARTS) is 1. The van der Waals surface area contributed by atoms with E-state index < -0.39 is 16.0 Å². The smallest absolute Gasteiger partial charge is 0.308 e. The van der Waals surface area contributed by atoms with Crippen molar-refractivity contribution < 1.29 is 18.3 Å². The predicted octanol–water partition coefficient (Wildman–Crippen LogP) is 2.79. The van der Waals surface area contributed by atoms with Crippen molar-refractivity contribution in [3.05, 3.63) is 46.3 Å². The van der Waals surface area contributed by atoms with Crippen molar-refractivity contribution in [3.63, 3.8) is 0 Å². The largest absolute Gasteiger partial charge is 0.481 e. The van der Waals surface area contributed by atoms with E-state index in [-0.39, 0.29) is 10.6 Å². The Kier molecular flexibility index (Phi) is 4.34. The van der Waals surface area contributed by atoms with Gasteiger partial charge in [-0.1, -0.05) is 12.1 Å². The lowest BCUT2D eigenvalue weighted by Gasteiger charge is -2.10. The van der Waals surface area contributed by atoms with Crippen molar-refractivity contribution in [1.29, 1.82) is 0 Å². The van der Waals surface area contributed by atoms with Crippen LogP contribution in [0.3, 0.4) is 0 Å². The van der Waals surface area contributed by atoms with Gasteiger partial charge in [0.05, 0.1) is 12.1 Å². The molecule has 0 fully saturated rings. The first kappa shape index (κ1) is 15.5. The van der Waals surface area contributed by atoms with Gasteiger partial charge >= 0.3 is 5.97 Å². The summed E-state index contributed by atoms with van der Waals surface area (Å²) < 4.78 is 27.3. The quantitative estimate of drug-likeness (QED) is 0.885. The fourth-order valence-electron chi connectivity index (χ4n) is 1.80. The van der Waals surface area contributed by atoms with Crippen molar-refractivity contribution in [1.82, 2.24) is 0 Å². The maximum absolute atomic E-state index is 12.3. The summed E-state index contributed by atoms with van der Waals surface area (Å²) in [4.78, 5) is 11.1. The minimum absolute atomic E-state index is 0.111. The molecule has 1 aromatic heterocycles. The number of carboxylic acids is 1. The fourth-order valence-corrected chi connectivity index (χ4v) is 4.27. The van der Waals surface area contributed by atoms with Crippen LogP contribution in [0.1, 0.15) is 16.0 Å². The highest BCUT2D eigenvalue weighted by Crippen LogP contribution is 2.26. The second kappa shape index (κ2) is 5.87. The van der Waals surface area contributed by atoms with Crippen molar-refractivity contribution in [3.8, 4) is 0 Å². The SMILES string of the molecule is Cc1cccc(NS(=O)(=O)c2ccc(CC(=O)O)s2)c1C. The molecule has 0 aliphatic rings. The summed E-state index contributed by atoms with van der Waals surface area (Å²) in [6.45, 7) is 3.75. The number of aryl methyl sites for hydroxylation is 1. The van der Waals surface area contributed by atoms with Crippen LogP contribution in [0.5, 0.6) is 0 Å². The van der Waals surface area contributed by atoms with Gasteiger partial charge in [-0.15, -0.1) is 11.3 Å². The normalized spacial score (nSPS) is 11.3. The Morgan fingerprint density at radius 2 is 1.95 bits per heavy atom. The summed E-state index contributed by atoms with van der Waals surface area (Å²) in [5.74, 6) is -0.983. The van der Waals surface area contributed by atoms with Gasteiger partial charge in [0.25, 0.3) is 10.0 Å². The number of hydrogen-bond donors (Lipinski definition) is 2. The number of nitrogens with one attached hydrogen (secondary N) is 1. The number of anilines is 1. The van der Waals surface area contributed by atoms with Crippen molar-refractivity contribution in [2.75, 3.05) is 4.72 Å². The minimum atomic E-state index is -3.69. The van der Waals surface area contributed by atoms with Gasteiger partial charge in [0.2, 0.25) is 0 Å². The topological polar surface area (TPSA) is 83.5 Å². The molecule has 1 heterocycles. The lowest BCUT2D eigenvalue weighted by Crippen LogP contribution is -2.12. The highest BCUT2D eigenvalue weighted by molar-refractivity contribution is 7.94. The number of benzene rings is 1. The number of carbonyl (C=O) groups is 1. The van der Waals surface area contributed by atoms with Crippen LogP contribution in [0.25, 0.3) is 0 Å². The van der Waals surface area contributed by atoms with Crippen LogP contribution in [-0.2, 0) is 21.2 Å². The molecule has 0 spiro atoms. The van der Waals surface area contributed by atoms with Gasteiger partial charge in [0.15, 0.2) is 0 Å². The molecule has 1 aromatic carbocycles. The van der Waals surface area contributed by atoms with Crippen LogP contribution in [0.15, 0.2) is 34.5 Å². The lowest BCUT2D eigenvalue weighted by atomic mass is 10.1. The van der Waals surface area contributed by atoms with Gasteiger partial charge in [-0.3, -0.25) is 9.52 Å². The van der Waals surface area contributed by atoms with Gasteiger partial charge in [0.1, 0.15) is 4.21 Å². The molecular formula is C14H15NO4S2. The Hall–Kier alpha value is -1.86. The second-order valence-electron chi connectivity index (χ2n) is 4.64. The molecule has 0 aliphatic heterocycles. The number of hydrogen-bond acceptors (Lipinski definition) is 4. The molecule has 0 saturated carbocycles. The first-order valence-corrected chi connectivity index (χ1v) is 8.49. The van der Waals surface area contributed by atoms with Gasteiger partial charge in [0, 0.05) is 4.88 Å². The highest BCUT2D eigenvalue weighted by atomic mass is 32.2. The first-order chi connectivity index (χ1) is 9.79. The van der Waals surface area contributed by atoms with E-state index in [0.717, 1.165) is 22.5 Å². The highest BCUT2D eigenvalue weighted by Gasteiger charge is 2.18. The molecule has 0 unspecified atom stereocenters. The minimum Gasteiger partial charge on any atom is -0.481 e. The molecule has 5 nitrogen and oxygen atoms in total. The van der Waals surface area contributed by atoms with Gasteiger partial charge in [-0.25, -0.2) is 8.42 Å². The van der Waals surface area contributed by atoms with Crippen molar-refractivity contribution in [2.24, 2.45) is 0 Å². The molecule has 0 radical (unpaired) electrons. The molecule has 2 aromatic rings. The molecule has 7 heteroatoms. The Bertz CT molecular complexity index is 778.